The van der Waals surface area contributed by atoms with E-state index in [2.05, 4.69) is 4.98 Å². The van der Waals surface area contributed by atoms with Crippen LogP contribution in [-0.4, -0.2) is 15.3 Å². The Kier molecular flexibility index (Phi) is 3.60. The quantitative estimate of drug-likeness (QED) is 0.735. The van der Waals surface area contributed by atoms with E-state index in [0.717, 1.165) is 5.56 Å². The molecule has 104 valence electrons. The monoisotopic (exact) mass is 278 g/mol. The molecule has 3 rings (SSSR count). The summed E-state index contributed by atoms with van der Waals surface area (Å²) in [6.45, 7) is 0.0662. The third kappa shape index (κ3) is 2.89. The molecule has 0 radical (unpaired) electrons. The number of ketones is 1. The maximum absolute atomic E-state index is 12.2. The molecule has 0 saturated heterocycles. The molecule has 0 fully saturated rings. The molecule has 0 saturated carbocycles. The number of fused-ring (bicyclic) bond motifs is 1. The molecule has 0 aliphatic carbocycles. The van der Waals surface area contributed by atoms with Crippen LogP contribution in [0, 0.1) is 0 Å². The molecule has 0 N–H and O–H groups in total. The van der Waals surface area contributed by atoms with Gasteiger partial charge in [-0.25, -0.2) is 4.98 Å². The highest BCUT2D eigenvalue weighted by atomic mass is 16.1. The maximum Gasteiger partial charge on any atom is 0.269 e. The lowest BCUT2D eigenvalue weighted by atomic mass is 10.1. The van der Waals surface area contributed by atoms with E-state index in [0.29, 0.717) is 17.5 Å². The fourth-order valence-electron chi connectivity index (χ4n) is 2.33. The predicted octanol–water partition coefficient (Wildman–Crippen LogP) is 2.21. The number of rotatable bonds is 4. The van der Waals surface area contributed by atoms with E-state index in [1.165, 1.54) is 10.8 Å². The van der Waals surface area contributed by atoms with Gasteiger partial charge in [0.2, 0.25) is 0 Å². The van der Waals surface area contributed by atoms with Gasteiger partial charge >= 0.3 is 0 Å². The van der Waals surface area contributed by atoms with Crippen molar-refractivity contribution in [3.8, 4) is 0 Å². The highest BCUT2D eigenvalue weighted by molar-refractivity contribution is 5.83. The molecule has 0 aliphatic heterocycles. The molecule has 0 amide bonds. The minimum atomic E-state index is -0.255. The van der Waals surface area contributed by atoms with Crippen molar-refractivity contribution < 1.29 is 4.79 Å². The van der Waals surface area contributed by atoms with E-state index in [1.807, 2.05) is 48.5 Å². The summed E-state index contributed by atoms with van der Waals surface area (Å²) < 4.78 is 1.48. The number of aromatic nitrogens is 2. The summed E-state index contributed by atoms with van der Waals surface area (Å²) in [4.78, 5) is 28.3. The largest absolute Gasteiger partial charge is 0.298 e. The average Bonchev–Trinajstić information content (AvgIpc) is 2.51. The zero-order chi connectivity index (χ0) is 14.7. The van der Waals surface area contributed by atoms with Gasteiger partial charge < -0.3 is 0 Å². The predicted molar refractivity (Wildman–Crippen MR) is 81.2 cm³/mol. The van der Waals surface area contributed by atoms with Crippen LogP contribution in [0.3, 0.4) is 0 Å². The molecule has 1 heterocycles. The van der Waals surface area contributed by atoms with Gasteiger partial charge in [-0.3, -0.25) is 14.2 Å². The second kappa shape index (κ2) is 5.71. The molecule has 0 spiro atoms. The lowest BCUT2D eigenvalue weighted by Crippen LogP contribution is -2.25. The van der Waals surface area contributed by atoms with Gasteiger partial charge in [-0.2, -0.15) is 0 Å². The molecule has 4 heteroatoms. The van der Waals surface area contributed by atoms with Gasteiger partial charge in [0.15, 0.2) is 5.78 Å². The lowest BCUT2D eigenvalue weighted by molar-refractivity contribution is -0.119. The van der Waals surface area contributed by atoms with Gasteiger partial charge in [0, 0.05) is 6.42 Å². The summed E-state index contributed by atoms with van der Waals surface area (Å²) >= 11 is 0. The molecule has 0 unspecified atom stereocenters. The Morgan fingerprint density at radius 2 is 1.71 bits per heavy atom. The Balaban J connectivity index is 1.89. The van der Waals surface area contributed by atoms with Crippen LogP contribution in [0.1, 0.15) is 5.56 Å². The third-order valence-electron chi connectivity index (χ3n) is 3.33. The summed E-state index contributed by atoms with van der Waals surface area (Å²) in [7, 11) is 0. The van der Waals surface area contributed by atoms with E-state index in [-0.39, 0.29) is 17.9 Å². The smallest absolute Gasteiger partial charge is 0.269 e. The van der Waals surface area contributed by atoms with Crippen LogP contribution in [0.5, 0.6) is 0 Å². The van der Waals surface area contributed by atoms with Gasteiger partial charge in [-0.05, 0) is 17.7 Å². The summed E-state index contributed by atoms with van der Waals surface area (Å²) in [5, 5.41) is 0. The zero-order valence-electron chi connectivity index (χ0n) is 11.4. The molecule has 0 atom stereocenters. The van der Waals surface area contributed by atoms with Gasteiger partial charge in [-0.1, -0.05) is 42.5 Å². The van der Waals surface area contributed by atoms with Crippen LogP contribution >= 0.6 is 0 Å². The number of carbonyl (C=O) groups excluding carboxylic acids is 1. The van der Waals surface area contributed by atoms with Crippen molar-refractivity contribution in [2.45, 2.75) is 13.0 Å². The van der Waals surface area contributed by atoms with Crippen LogP contribution in [0.2, 0.25) is 0 Å². The average molecular weight is 278 g/mol. The molecule has 3 aromatic rings. The van der Waals surface area contributed by atoms with Gasteiger partial charge in [0.25, 0.3) is 5.56 Å². The highest BCUT2D eigenvalue weighted by Gasteiger charge is 2.09. The first-order valence-corrected chi connectivity index (χ1v) is 6.74. The molecule has 2 aromatic carbocycles. The van der Waals surface area contributed by atoms with Crippen molar-refractivity contribution in [2.75, 3.05) is 0 Å². The van der Waals surface area contributed by atoms with Gasteiger partial charge in [0.1, 0.15) is 0 Å². The van der Waals surface area contributed by atoms with E-state index in [9.17, 15) is 9.59 Å². The second-order valence-corrected chi connectivity index (χ2v) is 4.87. The van der Waals surface area contributed by atoms with Gasteiger partial charge in [0.05, 0.1) is 23.8 Å². The van der Waals surface area contributed by atoms with Crippen LogP contribution < -0.4 is 5.56 Å². The first-order valence-electron chi connectivity index (χ1n) is 6.74. The molecule has 1 aromatic heterocycles. The molecule has 4 nitrogen and oxygen atoms in total. The van der Waals surface area contributed by atoms with Crippen LogP contribution in [0.4, 0.5) is 0 Å². The van der Waals surface area contributed by atoms with Crippen molar-refractivity contribution in [2.24, 2.45) is 0 Å². The Bertz CT molecular complexity index is 838. The van der Waals surface area contributed by atoms with Crippen molar-refractivity contribution in [1.82, 2.24) is 9.55 Å². The molecular weight excluding hydrogens is 264 g/mol. The van der Waals surface area contributed by atoms with Crippen molar-refractivity contribution in [3.63, 3.8) is 0 Å². The Morgan fingerprint density at radius 1 is 1.00 bits per heavy atom. The van der Waals surface area contributed by atoms with Crippen molar-refractivity contribution in [3.05, 3.63) is 76.7 Å². The summed E-state index contributed by atoms with van der Waals surface area (Å²) in [6, 6.07) is 16.8. The van der Waals surface area contributed by atoms with E-state index in [4.69, 9.17) is 0 Å². The third-order valence-corrected chi connectivity index (χ3v) is 3.33. The number of Topliss-reactive ketones (excluding diaryl/α,β-unsaturated/α-hetero) is 1. The van der Waals surface area contributed by atoms with E-state index >= 15 is 0 Å². The number of hydrogen-bond acceptors (Lipinski definition) is 3. The SMILES string of the molecule is O=C(Cc1ccccc1)Cn1c(=O)cnc2ccccc21. The molecule has 0 bridgehead atoms. The Labute approximate surface area is 121 Å². The molecule has 0 aliphatic rings. The summed E-state index contributed by atoms with van der Waals surface area (Å²) in [5.74, 6) is -0.000321. The fraction of sp³-hybridized carbons (Fsp3) is 0.118. The minimum Gasteiger partial charge on any atom is -0.298 e. The Morgan fingerprint density at radius 3 is 2.52 bits per heavy atom. The first-order chi connectivity index (χ1) is 10.2. The normalized spacial score (nSPS) is 10.7. The number of carbonyl (C=O) groups is 1. The number of benzene rings is 2. The first kappa shape index (κ1) is 13.2. The molecular formula is C17H14N2O2. The standard InChI is InChI=1S/C17H14N2O2/c20-14(10-13-6-2-1-3-7-13)12-19-16-9-5-4-8-15(16)18-11-17(19)21/h1-9,11H,10,12H2. The zero-order valence-corrected chi connectivity index (χ0v) is 11.4. The van der Waals surface area contributed by atoms with E-state index in [1.54, 1.807) is 6.07 Å². The highest BCUT2D eigenvalue weighted by Crippen LogP contribution is 2.09. The van der Waals surface area contributed by atoms with Crippen molar-refractivity contribution >= 4 is 16.8 Å². The van der Waals surface area contributed by atoms with Crippen LogP contribution in [0.15, 0.2) is 65.6 Å². The van der Waals surface area contributed by atoms with E-state index < -0.39 is 0 Å². The van der Waals surface area contributed by atoms with Crippen molar-refractivity contribution in [1.29, 1.82) is 0 Å². The van der Waals surface area contributed by atoms with Gasteiger partial charge in [-0.15, -0.1) is 0 Å². The maximum atomic E-state index is 12.2. The lowest BCUT2D eigenvalue weighted by Gasteiger charge is -2.08. The van der Waals surface area contributed by atoms with Crippen LogP contribution in [-0.2, 0) is 17.8 Å². The van der Waals surface area contributed by atoms with Crippen LogP contribution in [0.25, 0.3) is 11.0 Å². The molecule has 21 heavy (non-hydrogen) atoms. The Hall–Kier alpha value is -2.75. The number of nitrogens with zero attached hydrogens (tertiary/aromatic N) is 2. The summed E-state index contributed by atoms with van der Waals surface area (Å²) in [6.07, 6.45) is 1.59. The fourth-order valence-corrected chi connectivity index (χ4v) is 2.33. The topological polar surface area (TPSA) is 52.0 Å². The second-order valence-electron chi connectivity index (χ2n) is 4.87. The number of para-hydroxylation sites is 2. The number of hydrogen-bond donors (Lipinski definition) is 0. The summed E-state index contributed by atoms with van der Waals surface area (Å²) in [5.41, 5.74) is 2.10. The minimum absolute atomic E-state index is 0.000321.